The van der Waals surface area contributed by atoms with Crippen molar-refractivity contribution >= 4 is 117 Å². The summed E-state index contributed by atoms with van der Waals surface area (Å²) in [6.07, 6.45) is 11.5. The van der Waals surface area contributed by atoms with Gasteiger partial charge in [-0.2, -0.15) is 55.1 Å². The van der Waals surface area contributed by atoms with Crippen LogP contribution in [-0.2, 0) is 95.5 Å². The maximum absolute atomic E-state index is 12.8. The number of imide groups is 1. The van der Waals surface area contributed by atoms with Crippen molar-refractivity contribution in [2.24, 2.45) is 0 Å². The summed E-state index contributed by atoms with van der Waals surface area (Å²) in [7, 11) is -28.2. The molecule has 2 atom stereocenters. The van der Waals surface area contributed by atoms with E-state index in [2.05, 4.69) is 0 Å². The first-order valence-electron chi connectivity index (χ1n) is 25.6. The highest BCUT2D eigenvalue weighted by molar-refractivity contribution is 7.87. The monoisotopic (exact) mass is 1290 g/mol. The van der Waals surface area contributed by atoms with Gasteiger partial charge in [-0.3, -0.25) is 36.9 Å². The summed E-state index contributed by atoms with van der Waals surface area (Å²) in [6.45, 7) is 3.57. The number of hydroxylamine groups is 2. The second kappa shape index (κ2) is 24.7. The van der Waals surface area contributed by atoms with Gasteiger partial charge < -0.3 is 14.5 Å². The van der Waals surface area contributed by atoms with Crippen LogP contribution < -0.4 is 4.90 Å². The molecular formula is C52H60N3O23S6+. The minimum Gasteiger partial charge on any atom is -0.385 e. The zero-order valence-electron chi connectivity index (χ0n) is 45.2. The molecule has 4 aromatic rings. The fourth-order valence-electron chi connectivity index (χ4n) is 11.0. The van der Waals surface area contributed by atoms with Gasteiger partial charge in [-0.25, -0.2) is 4.79 Å². The van der Waals surface area contributed by atoms with Crippen molar-refractivity contribution in [3.63, 3.8) is 0 Å². The lowest BCUT2D eigenvalue weighted by molar-refractivity contribution is -0.437. The molecule has 1 saturated heterocycles. The van der Waals surface area contributed by atoms with Crippen molar-refractivity contribution in [2.45, 2.75) is 108 Å². The number of hydrogen-bond acceptors (Lipinski definition) is 18. The normalized spacial score (nSPS) is 19.7. The van der Waals surface area contributed by atoms with E-state index in [1.54, 1.807) is 60.9 Å². The van der Waals surface area contributed by atoms with Gasteiger partial charge in [-0.05, 0) is 105 Å². The molecule has 3 aliphatic heterocycles. The molecule has 1 fully saturated rings. The van der Waals surface area contributed by atoms with Crippen molar-refractivity contribution in [3.05, 3.63) is 108 Å². The predicted octanol–water partition coefficient (Wildman–Crippen LogP) is 5.82. The highest BCUT2D eigenvalue weighted by atomic mass is 32.2. The van der Waals surface area contributed by atoms with E-state index in [1.165, 1.54) is 31.4 Å². The molecule has 0 aliphatic carbocycles. The van der Waals surface area contributed by atoms with E-state index < -0.39 is 120 Å². The summed E-state index contributed by atoms with van der Waals surface area (Å²) in [5, 5.41) is 0.106. The fraction of sp³-hybridized carbons (Fsp3) is 0.385. The molecule has 4 aromatic carbocycles. The Labute approximate surface area is 485 Å². The first-order valence-corrected chi connectivity index (χ1v) is 34.6. The number of ether oxygens (including phenoxy) is 1. The molecule has 0 aromatic heterocycles. The van der Waals surface area contributed by atoms with Crippen molar-refractivity contribution in [2.75, 3.05) is 43.2 Å². The maximum atomic E-state index is 12.8. The summed E-state index contributed by atoms with van der Waals surface area (Å²) in [5.41, 5.74) is -0.436. The van der Waals surface area contributed by atoms with E-state index in [-0.39, 0.29) is 104 Å². The molecule has 3 aliphatic rings. The molecule has 0 saturated carbocycles. The summed E-state index contributed by atoms with van der Waals surface area (Å²) >= 11 is 0. The Hall–Kier alpha value is -6.14. The van der Waals surface area contributed by atoms with E-state index >= 15 is 0 Å². The van der Waals surface area contributed by atoms with Gasteiger partial charge in [0.15, 0.2) is 5.71 Å². The van der Waals surface area contributed by atoms with E-state index in [9.17, 15) is 92.2 Å². The lowest BCUT2D eigenvalue weighted by Crippen LogP contribution is -2.32. The molecule has 456 valence electrons. The van der Waals surface area contributed by atoms with Gasteiger partial charge in [-0.1, -0.05) is 42.9 Å². The van der Waals surface area contributed by atoms with Crippen LogP contribution in [0.2, 0.25) is 0 Å². The van der Waals surface area contributed by atoms with Crippen molar-refractivity contribution < 1.29 is 106 Å². The summed E-state index contributed by atoms with van der Waals surface area (Å²) in [6, 6.07) is 8.89. The molecule has 7 rings (SSSR count). The van der Waals surface area contributed by atoms with Crippen LogP contribution in [0.15, 0.2) is 116 Å². The highest BCUT2D eigenvalue weighted by Gasteiger charge is 2.50. The number of anilines is 1. The Kier molecular flexibility index (Phi) is 19.2. The number of carbonyl (C=O) groups excluding carboxylic acids is 3. The average Bonchev–Trinajstić information content (AvgIpc) is 1.54. The van der Waals surface area contributed by atoms with Gasteiger partial charge >= 0.3 is 5.97 Å². The lowest BCUT2D eigenvalue weighted by atomic mass is 9.74. The molecule has 84 heavy (non-hydrogen) atoms. The van der Waals surface area contributed by atoms with Crippen LogP contribution >= 0.6 is 0 Å². The molecule has 0 spiro atoms. The number of benzene rings is 4. The van der Waals surface area contributed by atoms with Gasteiger partial charge in [0.1, 0.15) is 16.3 Å². The number of allylic oxidation sites excluding steroid dienone is 8. The lowest BCUT2D eigenvalue weighted by Gasteiger charge is -2.30. The maximum Gasteiger partial charge on any atom is 0.333 e. The molecular weight excluding hydrogens is 1230 g/mol. The number of methoxy groups -OCH3 is 1. The van der Waals surface area contributed by atoms with Crippen molar-refractivity contribution in [1.29, 1.82) is 0 Å². The van der Waals surface area contributed by atoms with Crippen LogP contribution in [0, 0.1) is 0 Å². The number of rotatable bonds is 26. The van der Waals surface area contributed by atoms with Crippen molar-refractivity contribution in [1.82, 2.24) is 5.06 Å². The Morgan fingerprint density at radius 2 is 1.14 bits per heavy atom. The third kappa shape index (κ3) is 14.6. The summed E-state index contributed by atoms with van der Waals surface area (Å²) < 4.78 is 217. The highest BCUT2D eigenvalue weighted by Crippen LogP contribution is 2.54. The van der Waals surface area contributed by atoms with E-state index in [1.807, 2.05) is 4.90 Å². The summed E-state index contributed by atoms with van der Waals surface area (Å²) in [4.78, 5) is 40.1. The first-order chi connectivity index (χ1) is 38.9. The Morgan fingerprint density at radius 3 is 1.69 bits per heavy atom. The van der Waals surface area contributed by atoms with Crippen LogP contribution in [0.25, 0.3) is 21.5 Å². The van der Waals surface area contributed by atoms with E-state index in [0.29, 0.717) is 52.7 Å². The quantitative estimate of drug-likeness (QED) is 0.0142. The number of amides is 2. The summed E-state index contributed by atoms with van der Waals surface area (Å²) in [5.74, 6) is -3.56. The number of unbranched alkanes of at least 4 members (excludes halogenated alkanes) is 2. The minimum atomic E-state index is -5.19. The molecule has 2 unspecified atom stereocenters. The van der Waals surface area contributed by atoms with Crippen LogP contribution in [0.3, 0.4) is 0 Å². The molecule has 0 bridgehead atoms. The standard InChI is InChI=1S/C52H59N3O23S6/c1-51(23-12-28-79(59,60)61)44(54(26-13-29-80(62,63)64)40-19-17-36-38(49(40)51)30-34(81(65,66)67)32-42(36)83(71,72)73)14-8-5-4-6-9-15-45-52(2,24-27-77-3)50-39-31-35(82(68,69)70)33-43(84(74,75)76)37(39)18-20-41(50)53(45)25-11-7-10-16-48(58)78-55-46(56)21-22-47(55)57/h4-6,8-9,14-15,17-20,30-33H,7,10-13,16,21-29H2,1-3H3,(H5-,59,60,61,62,63,64,65,66,67,68,69,70,71,72,73,74,75,76)/p+1. The third-order valence-corrected chi connectivity index (χ3v) is 19.8. The van der Waals surface area contributed by atoms with Crippen LogP contribution in [0.1, 0.15) is 89.2 Å². The van der Waals surface area contributed by atoms with Crippen LogP contribution in [-0.4, -0.2) is 149 Å². The predicted molar refractivity (Wildman–Crippen MR) is 303 cm³/mol. The first kappa shape index (κ1) is 65.4. The van der Waals surface area contributed by atoms with Crippen LogP contribution in [0.4, 0.5) is 11.4 Å². The largest absolute Gasteiger partial charge is 0.385 e. The van der Waals surface area contributed by atoms with E-state index in [4.69, 9.17) is 9.57 Å². The minimum absolute atomic E-state index is 0.0549. The molecule has 26 nitrogen and oxygen atoms in total. The molecule has 6 N–H and O–H groups in total. The van der Waals surface area contributed by atoms with E-state index in [0.717, 1.165) is 12.1 Å². The SMILES string of the molecule is COCCC1(C)\C(=C/C=C/C=C/C=C/C2=[N+](CCCS(=O)(=O)O)c3ccc4c(S(=O)(=O)O)cc(S(=O)(=O)O)cc4c3C2(C)CCCS(=O)(=O)O)N(CCCCCC(=O)ON2C(=O)CCC2=O)c2ccc3c(S(=O)(=O)O)cc(S(=O)(=O)O)cc3c21. The Balaban J connectivity index is 1.31. The second-order valence-electron chi connectivity index (χ2n) is 20.5. The van der Waals surface area contributed by atoms with Crippen molar-refractivity contribution in [3.8, 4) is 0 Å². The third-order valence-electron chi connectivity index (χ3n) is 14.7. The van der Waals surface area contributed by atoms with Crippen LogP contribution in [0.5, 0.6) is 0 Å². The molecule has 2 amide bonds. The Morgan fingerprint density at radius 1 is 0.607 bits per heavy atom. The molecule has 0 radical (unpaired) electrons. The number of hydrogen-bond donors (Lipinski definition) is 6. The fourth-order valence-corrected chi connectivity index (χ4v) is 14.7. The van der Waals surface area contributed by atoms with Gasteiger partial charge in [0, 0.05) is 91.2 Å². The molecule has 32 heteroatoms. The smallest absolute Gasteiger partial charge is 0.333 e. The number of carbonyl (C=O) groups is 3. The topological polar surface area (TPSA) is 405 Å². The zero-order valence-corrected chi connectivity index (χ0v) is 50.1. The second-order valence-corrected chi connectivity index (χ2v) is 29.3. The number of nitrogens with zero attached hydrogens (tertiary/aromatic N) is 3. The van der Waals surface area contributed by atoms with Gasteiger partial charge in [0.2, 0.25) is 5.69 Å². The van der Waals surface area contributed by atoms with Gasteiger partial charge in [-0.15, -0.1) is 5.06 Å². The van der Waals surface area contributed by atoms with Gasteiger partial charge in [0.25, 0.3) is 72.5 Å². The average molecular weight is 1290 g/mol. The number of fused-ring (bicyclic) bond motifs is 6. The Bertz CT molecular complexity index is 4230. The van der Waals surface area contributed by atoms with Gasteiger partial charge in [0.05, 0.1) is 26.7 Å². The zero-order chi connectivity index (χ0) is 62.2. The molecule has 3 heterocycles.